The van der Waals surface area contributed by atoms with Gasteiger partial charge < -0.3 is 16.2 Å². The summed E-state index contributed by atoms with van der Waals surface area (Å²) in [5, 5.41) is 0. The average molecular weight is 243 g/mol. The van der Waals surface area contributed by atoms with Crippen LogP contribution in [0.5, 0.6) is 0 Å². The lowest BCUT2D eigenvalue weighted by Gasteiger charge is -2.42. The van der Waals surface area contributed by atoms with Gasteiger partial charge in [0.1, 0.15) is 0 Å². The van der Waals surface area contributed by atoms with Crippen LogP contribution in [0.15, 0.2) is 0 Å². The van der Waals surface area contributed by atoms with E-state index in [1.165, 1.54) is 0 Å². The number of carbonyl (C=O) groups excluding carboxylic acids is 1. The predicted molar refractivity (Wildman–Crippen MR) is 67.4 cm³/mol. The minimum Gasteiger partial charge on any atom is -0.376 e. The van der Waals surface area contributed by atoms with Gasteiger partial charge in [-0.25, -0.2) is 0 Å². The lowest BCUT2D eigenvalue weighted by Crippen LogP contribution is -2.57. The number of hydrogen-bond acceptors (Lipinski definition) is 4. The van der Waals surface area contributed by atoms with Crippen LogP contribution in [0.3, 0.4) is 0 Å². The molecule has 0 saturated carbocycles. The van der Waals surface area contributed by atoms with Gasteiger partial charge in [0.2, 0.25) is 5.91 Å². The maximum atomic E-state index is 11.2. The van der Waals surface area contributed by atoms with Gasteiger partial charge in [0, 0.05) is 18.6 Å². The molecule has 0 aromatic rings. The van der Waals surface area contributed by atoms with Gasteiger partial charge in [-0.3, -0.25) is 9.69 Å². The molecule has 1 amide bonds. The number of carbonyl (C=O) groups is 1. The first-order valence-corrected chi connectivity index (χ1v) is 6.20. The molecule has 17 heavy (non-hydrogen) atoms. The van der Waals surface area contributed by atoms with Crippen LogP contribution in [0.2, 0.25) is 0 Å². The van der Waals surface area contributed by atoms with E-state index in [9.17, 15) is 4.79 Å². The summed E-state index contributed by atoms with van der Waals surface area (Å²) in [5.41, 5.74) is 10.3. The molecule has 5 heteroatoms. The Balaban J connectivity index is 2.62. The summed E-state index contributed by atoms with van der Waals surface area (Å²) in [4.78, 5) is 13.6. The third kappa shape index (κ3) is 3.66. The normalized spacial score (nSPS) is 31.8. The summed E-state index contributed by atoms with van der Waals surface area (Å²) >= 11 is 0. The monoisotopic (exact) mass is 243 g/mol. The Bertz CT molecular complexity index is 281. The fraction of sp³-hybridized carbons (Fsp3) is 0.917. The zero-order chi connectivity index (χ0) is 13.2. The largest absolute Gasteiger partial charge is 0.376 e. The van der Waals surface area contributed by atoms with Crippen molar-refractivity contribution in [3.63, 3.8) is 0 Å². The van der Waals surface area contributed by atoms with Crippen molar-refractivity contribution >= 4 is 5.91 Å². The van der Waals surface area contributed by atoms with Crippen LogP contribution >= 0.6 is 0 Å². The summed E-state index contributed by atoms with van der Waals surface area (Å²) in [7, 11) is 0. The first kappa shape index (κ1) is 14.4. The Hall–Kier alpha value is -0.650. The highest BCUT2D eigenvalue weighted by Crippen LogP contribution is 2.20. The van der Waals surface area contributed by atoms with Crippen molar-refractivity contribution in [2.45, 2.75) is 57.8 Å². The zero-order valence-electron chi connectivity index (χ0n) is 11.3. The smallest absolute Gasteiger partial charge is 0.237 e. The second-order valence-electron chi connectivity index (χ2n) is 5.52. The number of morpholine rings is 1. The van der Waals surface area contributed by atoms with E-state index < -0.39 is 11.4 Å². The molecule has 0 aliphatic carbocycles. The van der Waals surface area contributed by atoms with Gasteiger partial charge in [-0.1, -0.05) is 0 Å². The molecule has 1 saturated heterocycles. The lowest BCUT2D eigenvalue weighted by atomic mass is 9.92. The number of primary amides is 1. The standard InChI is InChI=1S/C12H25N3O2/c1-8(5-12(4,14)11(13)16)15-6-10(3)17-7-9(15)2/h8-10H,5-7,14H2,1-4H3,(H2,13,16). The minimum absolute atomic E-state index is 0.221. The number of rotatable bonds is 4. The highest BCUT2D eigenvalue weighted by molar-refractivity contribution is 5.83. The molecule has 4 atom stereocenters. The molecule has 0 radical (unpaired) electrons. The van der Waals surface area contributed by atoms with E-state index in [0.29, 0.717) is 12.5 Å². The Morgan fingerprint density at radius 1 is 1.59 bits per heavy atom. The highest BCUT2D eigenvalue weighted by atomic mass is 16.5. The summed E-state index contributed by atoms with van der Waals surface area (Å²) in [6.07, 6.45) is 0.797. The van der Waals surface area contributed by atoms with E-state index in [2.05, 4.69) is 25.7 Å². The SMILES string of the molecule is CC1CN(C(C)CC(C)(N)C(N)=O)C(C)CO1. The average Bonchev–Trinajstić information content (AvgIpc) is 2.20. The van der Waals surface area contributed by atoms with E-state index in [4.69, 9.17) is 16.2 Å². The Morgan fingerprint density at radius 2 is 2.18 bits per heavy atom. The molecule has 0 aromatic carbocycles. The van der Waals surface area contributed by atoms with E-state index >= 15 is 0 Å². The molecule has 1 aliphatic rings. The van der Waals surface area contributed by atoms with Crippen molar-refractivity contribution in [2.75, 3.05) is 13.2 Å². The second-order valence-corrected chi connectivity index (χ2v) is 5.52. The number of hydrogen-bond donors (Lipinski definition) is 2. The number of ether oxygens (including phenoxy) is 1. The fourth-order valence-electron chi connectivity index (χ4n) is 2.37. The third-order valence-corrected chi connectivity index (χ3v) is 3.50. The molecule has 1 fully saturated rings. The van der Waals surface area contributed by atoms with Crippen molar-refractivity contribution in [1.29, 1.82) is 0 Å². The highest BCUT2D eigenvalue weighted by Gasteiger charge is 2.33. The van der Waals surface area contributed by atoms with Crippen LogP contribution in [-0.2, 0) is 9.53 Å². The molecule has 100 valence electrons. The summed E-state index contributed by atoms with van der Waals surface area (Å²) in [5.74, 6) is -0.446. The molecule has 0 bridgehead atoms. The van der Waals surface area contributed by atoms with Crippen LogP contribution in [0.4, 0.5) is 0 Å². The number of nitrogens with two attached hydrogens (primary N) is 2. The van der Waals surface area contributed by atoms with Gasteiger partial charge in [0.15, 0.2) is 0 Å². The molecule has 0 spiro atoms. The first-order chi connectivity index (χ1) is 7.74. The van der Waals surface area contributed by atoms with Crippen molar-refractivity contribution in [1.82, 2.24) is 4.90 Å². The van der Waals surface area contributed by atoms with Crippen molar-refractivity contribution in [3.8, 4) is 0 Å². The van der Waals surface area contributed by atoms with Gasteiger partial charge in [-0.05, 0) is 34.1 Å². The predicted octanol–water partition coefficient (Wildman–Crippen LogP) is 0.0769. The number of nitrogens with zero attached hydrogens (tertiary/aromatic N) is 1. The number of amides is 1. The summed E-state index contributed by atoms with van der Waals surface area (Å²) in [6.45, 7) is 9.56. The van der Waals surface area contributed by atoms with Crippen LogP contribution in [0, 0.1) is 0 Å². The van der Waals surface area contributed by atoms with Crippen LogP contribution < -0.4 is 11.5 Å². The van der Waals surface area contributed by atoms with Crippen molar-refractivity contribution in [3.05, 3.63) is 0 Å². The molecular formula is C12H25N3O2. The van der Waals surface area contributed by atoms with Gasteiger partial charge in [0.05, 0.1) is 18.2 Å². The zero-order valence-corrected chi connectivity index (χ0v) is 11.3. The Morgan fingerprint density at radius 3 is 2.71 bits per heavy atom. The van der Waals surface area contributed by atoms with Crippen LogP contribution in [0.1, 0.15) is 34.1 Å². The Labute approximate surface area is 103 Å². The Kier molecular flexibility index (Phi) is 4.52. The van der Waals surface area contributed by atoms with E-state index in [-0.39, 0.29) is 12.1 Å². The van der Waals surface area contributed by atoms with Gasteiger partial charge in [-0.15, -0.1) is 0 Å². The minimum atomic E-state index is -0.944. The van der Waals surface area contributed by atoms with E-state index in [1.54, 1.807) is 6.92 Å². The summed E-state index contributed by atoms with van der Waals surface area (Å²) in [6, 6.07) is 0.573. The van der Waals surface area contributed by atoms with Crippen LogP contribution in [0.25, 0.3) is 0 Å². The molecular weight excluding hydrogens is 218 g/mol. The van der Waals surface area contributed by atoms with Gasteiger partial charge in [-0.2, -0.15) is 0 Å². The van der Waals surface area contributed by atoms with E-state index in [1.807, 2.05) is 0 Å². The van der Waals surface area contributed by atoms with Crippen molar-refractivity contribution in [2.24, 2.45) is 11.5 Å². The van der Waals surface area contributed by atoms with E-state index in [0.717, 1.165) is 13.2 Å². The third-order valence-electron chi connectivity index (χ3n) is 3.50. The molecule has 1 aliphatic heterocycles. The van der Waals surface area contributed by atoms with Crippen molar-refractivity contribution < 1.29 is 9.53 Å². The lowest BCUT2D eigenvalue weighted by molar-refractivity contribution is -0.124. The fourth-order valence-corrected chi connectivity index (χ4v) is 2.37. The molecule has 4 unspecified atom stereocenters. The molecule has 5 nitrogen and oxygen atoms in total. The molecule has 0 aromatic heterocycles. The maximum absolute atomic E-state index is 11.2. The topological polar surface area (TPSA) is 81.6 Å². The molecule has 4 N–H and O–H groups in total. The quantitative estimate of drug-likeness (QED) is 0.732. The first-order valence-electron chi connectivity index (χ1n) is 6.20. The van der Waals surface area contributed by atoms with Crippen LogP contribution in [-0.4, -0.2) is 47.7 Å². The molecule has 1 rings (SSSR count). The summed E-state index contributed by atoms with van der Waals surface area (Å²) < 4.78 is 5.58. The molecule has 1 heterocycles. The second kappa shape index (κ2) is 5.33. The van der Waals surface area contributed by atoms with Gasteiger partial charge >= 0.3 is 0 Å². The maximum Gasteiger partial charge on any atom is 0.237 e. The van der Waals surface area contributed by atoms with Gasteiger partial charge in [0.25, 0.3) is 0 Å².